The first-order chi connectivity index (χ1) is 10.2. The van der Waals surface area contributed by atoms with Gasteiger partial charge in [0.05, 0.1) is 16.3 Å². The van der Waals surface area contributed by atoms with Gasteiger partial charge in [0.15, 0.2) is 0 Å². The molecule has 0 saturated heterocycles. The smallest absolute Gasteiger partial charge is 0.252 e. The molecule has 1 heterocycles. The van der Waals surface area contributed by atoms with Gasteiger partial charge in [0.25, 0.3) is 5.91 Å². The summed E-state index contributed by atoms with van der Waals surface area (Å²) in [7, 11) is 0. The summed E-state index contributed by atoms with van der Waals surface area (Å²) in [6.45, 7) is 3.19. The van der Waals surface area contributed by atoms with E-state index in [0.29, 0.717) is 18.7 Å². The minimum atomic E-state index is -0.0407. The molecule has 0 unspecified atom stereocenters. The number of thiazole rings is 1. The van der Waals surface area contributed by atoms with Crippen LogP contribution in [0.25, 0.3) is 0 Å². The van der Waals surface area contributed by atoms with Crippen LogP contribution in [0.15, 0.2) is 34.5 Å². The molecule has 0 saturated carbocycles. The Morgan fingerprint density at radius 2 is 2.24 bits per heavy atom. The van der Waals surface area contributed by atoms with E-state index in [1.807, 2.05) is 31.2 Å². The van der Waals surface area contributed by atoms with Crippen molar-refractivity contribution in [1.29, 1.82) is 0 Å². The average molecular weight is 321 g/mol. The number of amides is 1. The van der Waals surface area contributed by atoms with Crippen LogP contribution in [0.1, 0.15) is 27.5 Å². The maximum atomic E-state index is 12.2. The Labute approximate surface area is 133 Å². The predicted octanol–water partition coefficient (Wildman–Crippen LogP) is 2.82. The third-order valence-corrected chi connectivity index (χ3v) is 4.77. The molecule has 0 atom stereocenters. The monoisotopic (exact) mass is 321 g/mol. The molecule has 6 heteroatoms. The molecule has 0 fully saturated rings. The van der Waals surface area contributed by atoms with E-state index >= 15 is 0 Å². The topological polar surface area (TPSA) is 68.0 Å². The molecule has 1 amide bonds. The SMILES string of the molecule is Cc1nc(CSc2ccccc2C(=O)NCCCN)cs1. The number of rotatable bonds is 7. The van der Waals surface area contributed by atoms with Crippen molar-refractivity contribution in [2.75, 3.05) is 13.1 Å². The lowest BCUT2D eigenvalue weighted by molar-refractivity contribution is 0.0950. The molecule has 1 aromatic heterocycles. The Kier molecular flexibility index (Phi) is 6.22. The quantitative estimate of drug-likeness (QED) is 0.608. The van der Waals surface area contributed by atoms with E-state index in [0.717, 1.165) is 27.8 Å². The molecule has 0 aliphatic carbocycles. The molecule has 112 valence electrons. The van der Waals surface area contributed by atoms with E-state index in [4.69, 9.17) is 5.73 Å². The van der Waals surface area contributed by atoms with E-state index in [9.17, 15) is 4.79 Å². The van der Waals surface area contributed by atoms with Crippen molar-refractivity contribution in [3.05, 3.63) is 45.9 Å². The summed E-state index contributed by atoms with van der Waals surface area (Å²) in [5.41, 5.74) is 7.21. The van der Waals surface area contributed by atoms with E-state index in [1.165, 1.54) is 0 Å². The largest absolute Gasteiger partial charge is 0.352 e. The zero-order valence-corrected chi connectivity index (χ0v) is 13.6. The van der Waals surface area contributed by atoms with Gasteiger partial charge < -0.3 is 11.1 Å². The van der Waals surface area contributed by atoms with Crippen molar-refractivity contribution in [3.8, 4) is 0 Å². The van der Waals surface area contributed by atoms with Crippen molar-refractivity contribution in [1.82, 2.24) is 10.3 Å². The molecule has 4 nitrogen and oxygen atoms in total. The minimum Gasteiger partial charge on any atom is -0.352 e. The van der Waals surface area contributed by atoms with E-state index in [2.05, 4.69) is 15.7 Å². The Balaban J connectivity index is 2.00. The summed E-state index contributed by atoms with van der Waals surface area (Å²) in [5.74, 6) is 0.734. The summed E-state index contributed by atoms with van der Waals surface area (Å²) in [5, 5.41) is 6.03. The second kappa shape index (κ2) is 8.17. The van der Waals surface area contributed by atoms with Crippen LogP contribution in [0.5, 0.6) is 0 Å². The highest BCUT2D eigenvalue weighted by atomic mass is 32.2. The zero-order valence-electron chi connectivity index (χ0n) is 12.0. The van der Waals surface area contributed by atoms with Crippen molar-refractivity contribution < 1.29 is 4.79 Å². The number of carbonyl (C=O) groups excluding carboxylic acids is 1. The number of aromatic nitrogens is 1. The average Bonchev–Trinajstić information content (AvgIpc) is 2.91. The van der Waals surface area contributed by atoms with Gasteiger partial charge in [-0.2, -0.15) is 0 Å². The molecule has 2 rings (SSSR count). The molecule has 0 aliphatic rings. The minimum absolute atomic E-state index is 0.0407. The highest BCUT2D eigenvalue weighted by Gasteiger charge is 2.11. The normalized spacial score (nSPS) is 10.6. The lowest BCUT2D eigenvalue weighted by atomic mass is 10.2. The fourth-order valence-electron chi connectivity index (χ4n) is 1.81. The molecule has 0 bridgehead atoms. The third kappa shape index (κ3) is 4.84. The summed E-state index contributed by atoms with van der Waals surface area (Å²) in [6.07, 6.45) is 0.791. The van der Waals surface area contributed by atoms with Crippen LogP contribution in [0, 0.1) is 6.92 Å². The molecule has 3 N–H and O–H groups in total. The molecular weight excluding hydrogens is 302 g/mol. The van der Waals surface area contributed by atoms with Gasteiger partial charge >= 0.3 is 0 Å². The van der Waals surface area contributed by atoms with Crippen LogP contribution in [0.3, 0.4) is 0 Å². The van der Waals surface area contributed by atoms with Gasteiger partial charge in [-0.3, -0.25) is 4.79 Å². The highest BCUT2D eigenvalue weighted by molar-refractivity contribution is 7.98. The number of hydrogen-bond donors (Lipinski definition) is 2. The summed E-state index contributed by atoms with van der Waals surface area (Å²) < 4.78 is 0. The van der Waals surface area contributed by atoms with Crippen LogP contribution < -0.4 is 11.1 Å². The van der Waals surface area contributed by atoms with Gasteiger partial charge in [0.2, 0.25) is 0 Å². The number of hydrogen-bond acceptors (Lipinski definition) is 5. The first kappa shape index (κ1) is 16.0. The third-order valence-electron chi connectivity index (χ3n) is 2.84. The van der Waals surface area contributed by atoms with E-state index < -0.39 is 0 Å². The molecule has 0 aliphatic heterocycles. The van der Waals surface area contributed by atoms with Gasteiger partial charge in [-0.05, 0) is 32.0 Å². The molecule has 1 aromatic carbocycles. The Morgan fingerprint density at radius 1 is 1.43 bits per heavy atom. The highest BCUT2D eigenvalue weighted by Crippen LogP contribution is 2.26. The maximum absolute atomic E-state index is 12.2. The van der Waals surface area contributed by atoms with Gasteiger partial charge in [0, 0.05) is 22.6 Å². The fourth-order valence-corrected chi connectivity index (χ4v) is 3.47. The van der Waals surface area contributed by atoms with Crippen LogP contribution in [-0.4, -0.2) is 24.0 Å². The molecule has 21 heavy (non-hydrogen) atoms. The molecule has 0 spiro atoms. The van der Waals surface area contributed by atoms with Gasteiger partial charge in [-0.1, -0.05) is 12.1 Å². The number of thioether (sulfide) groups is 1. The lowest BCUT2D eigenvalue weighted by Gasteiger charge is -2.09. The van der Waals surface area contributed by atoms with Crippen molar-refractivity contribution in [2.45, 2.75) is 24.0 Å². The Morgan fingerprint density at radius 3 is 2.95 bits per heavy atom. The number of carbonyl (C=O) groups is 1. The fraction of sp³-hybridized carbons (Fsp3) is 0.333. The van der Waals surface area contributed by atoms with Gasteiger partial charge in [0.1, 0.15) is 0 Å². The molecular formula is C15H19N3OS2. The number of aryl methyl sites for hydroxylation is 1. The predicted molar refractivity (Wildman–Crippen MR) is 88.9 cm³/mol. The lowest BCUT2D eigenvalue weighted by Crippen LogP contribution is -2.26. The Bertz CT molecular complexity index is 598. The summed E-state index contributed by atoms with van der Waals surface area (Å²) in [6, 6.07) is 7.66. The van der Waals surface area contributed by atoms with Gasteiger partial charge in [-0.25, -0.2) is 4.98 Å². The van der Waals surface area contributed by atoms with E-state index in [-0.39, 0.29) is 5.91 Å². The Hall–Kier alpha value is -1.37. The number of nitrogens with one attached hydrogen (secondary N) is 1. The number of nitrogens with two attached hydrogens (primary N) is 1. The van der Waals surface area contributed by atoms with Gasteiger partial charge in [-0.15, -0.1) is 23.1 Å². The van der Waals surface area contributed by atoms with Crippen LogP contribution >= 0.6 is 23.1 Å². The second-order valence-corrected chi connectivity index (χ2v) is 6.62. The summed E-state index contributed by atoms with van der Waals surface area (Å²) >= 11 is 3.29. The van der Waals surface area contributed by atoms with Crippen LogP contribution in [0.4, 0.5) is 0 Å². The van der Waals surface area contributed by atoms with E-state index in [1.54, 1.807) is 23.1 Å². The van der Waals surface area contributed by atoms with Crippen molar-refractivity contribution in [3.63, 3.8) is 0 Å². The van der Waals surface area contributed by atoms with Crippen LogP contribution in [-0.2, 0) is 5.75 Å². The zero-order chi connectivity index (χ0) is 15.1. The maximum Gasteiger partial charge on any atom is 0.252 e. The number of nitrogens with zero attached hydrogens (tertiary/aromatic N) is 1. The van der Waals surface area contributed by atoms with Crippen LogP contribution in [0.2, 0.25) is 0 Å². The first-order valence-electron chi connectivity index (χ1n) is 6.82. The standard InChI is InChI=1S/C15H19N3OS2/c1-11-18-12(9-20-11)10-21-14-6-3-2-5-13(14)15(19)17-8-4-7-16/h2-3,5-6,9H,4,7-8,10,16H2,1H3,(H,17,19). The number of benzene rings is 1. The van der Waals surface area contributed by atoms with Crippen molar-refractivity contribution >= 4 is 29.0 Å². The van der Waals surface area contributed by atoms with Crippen molar-refractivity contribution in [2.24, 2.45) is 5.73 Å². The first-order valence-corrected chi connectivity index (χ1v) is 8.68. The molecule has 0 radical (unpaired) electrons. The summed E-state index contributed by atoms with van der Waals surface area (Å²) in [4.78, 5) is 17.6. The molecule has 2 aromatic rings. The second-order valence-electron chi connectivity index (χ2n) is 4.54.